The Balaban J connectivity index is 2.10. The molecule has 4 rings (SSSR count). The van der Waals surface area contributed by atoms with E-state index in [1.165, 1.54) is 25.1 Å². The second-order valence-corrected chi connectivity index (χ2v) is 5.29. The number of rotatable bonds is 1. The van der Waals surface area contributed by atoms with Crippen molar-refractivity contribution in [3.8, 4) is 0 Å². The van der Waals surface area contributed by atoms with Crippen molar-refractivity contribution in [3.63, 3.8) is 0 Å². The van der Waals surface area contributed by atoms with E-state index in [2.05, 4.69) is 10.1 Å². The lowest BCUT2D eigenvalue weighted by molar-refractivity contribution is -0.119. The first-order chi connectivity index (χ1) is 10.5. The lowest BCUT2D eigenvalue weighted by Crippen LogP contribution is -2.29. The molecule has 1 amide bonds. The van der Waals surface area contributed by atoms with Gasteiger partial charge in [-0.15, -0.1) is 0 Å². The minimum Gasteiger partial charge on any atom is -0.386 e. The molecule has 1 aliphatic carbocycles. The van der Waals surface area contributed by atoms with Gasteiger partial charge in [-0.3, -0.25) is 9.59 Å². The predicted octanol–water partition coefficient (Wildman–Crippen LogP) is 1.52. The molecular weight excluding hydrogens is 286 g/mol. The summed E-state index contributed by atoms with van der Waals surface area (Å²) in [6.45, 7) is 1.33. The molecule has 2 aliphatic rings. The second kappa shape index (κ2) is 4.00. The highest BCUT2D eigenvalue weighted by molar-refractivity contribution is 6.27. The molecule has 0 fully saturated rings. The standard InChI is InChI=1S/C16H9NO5/c1-6(18)17-13-7-2-4-9-12-10(16(21)22-15(9)20)5-3-8(11(7)12)14(13)19/h2-5,13H,1H3,(H,17,18). The number of nitrogens with one attached hydrogen (secondary N) is 1. The van der Waals surface area contributed by atoms with Gasteiger partial charge in [0.15, 0.2) is 5.78 Å². The number of hydrogen-bond donors (Lipinski definition) is 1. The molecule has 0 spiro atoms. The number of ether oxygens (including phenoxy) is 1. The smallest absolute Gasteiger partial charge is 0.346 e. The van der Waals surface area contributed by atoms with E-state index in [0.717, 1.165) is 0 Å². The van der Waals surface area contributed by atoms with Crippen LogP contribution in [0, 0.1) is 0 Å². The van der Waals surface area contributed by atoms with Crippen molar-refractivity contribution >= 4 is 34.4 Å². The number of carbonyl (C=O) groups is 4. The number of carbonyl (C=O) groups excluding carboxylic acids is 4. The molecule has 1 atom stereocenters. The predicted molar refractivity (Wildman–Crippen MR) is 74.6 cm³/mol. The summed E-state index contributed by atoms with van der Waals surface area (Å²) in [6.07, 6.45) is 0. The third-order valence-electron chi connectivity index (χ3n) is 4.00. The molecule has 2 aromatic rings. The Kier molecular flexibility index (Phi) is 2.31. The zero-order valence-electron chi connectivity index (χ0n) is 11.4. The number of ketones is 1. The Hall–Kier alpha value is -3.02. The summed E-state index contributed by atoms with van der Waals surface area (Å²) in [7, 11) is 0. The Bertz CT molecular complexity index is 908. The minimum atomic E-state index is -0.787. The summed E-state index contributed by atoms with van der Waals surface area (Å²) in [5.41, 5.74) is 1.51. The number of hydrogen-bond acceptors (Lipinski definition) is 5. The zero-order chi connectivity index (χ0) is 15.6. The number of cyclic esters (lactones) is 2. The summed E-state index contributed by atoms with van der Waals surface area (Å²) < 4.78 is 4.69. The number of esters is 2. The van der Waals surface area contributed by atoms with Crippen molar-refractivity contribution in [2.75, 3.05) is 0 Å². The molecule has 0 saturated carbocycles. The topological polar surface area (TPSA) is 89.5 Å². The van der Waals surface area contributed by atoms with Crippen LogP contribution in [0.25, 0.3) is 10.8 Å². The maximum atomic E-state index is 12.5. The molecule has 0 aromatic heterocycles. The first kappa shape index (κ1) is 12.7. The van der Waals surface area contributed by atoms with E-state index in [1.807, 2.05) is 0 Å². The van der Waals surface area contributed by atoms with E-state index in [1.54, 1.807) is 6.07 Å². The third kappa shape index (κ3) is 1.43. The maximum Gasteiger partial charge on any atom is 0.346 e. The second-order valence-electron chi connectivity index (χ2n) is 5.29. The van der Waals surface area contributed by atoms with Crippen LogP contribution in [0.3, 0.4) is 0 Å². The SMILES string of the molecule is CC(=O)NC1C(=O)c2ccc3c4c(ccc1c24)C(=O)OC3=O. The van der Waals surface area contributed by atoms with Crippen LogP contribution in [-0.4, -0.2) is 23.6 Å². The monoisotopic (exact) mass is 295 g/mol. The molecule has 108 valence electrons. The molecule has 22 heavy (non-hydrogen) atoms. The Morgan fingerprint density at radius 3 is 2.18 bits per heavy atom. The van der Waals surface area contributed by atoms with Crippen LogP contribution in [0.15, 0.2) is 24.3 Å². The first-order valence-electron chi connectivity index (χ1n) is 6.66. The number of Topliss-reactive ketones (excluding diaryl/α,β-unsaturated/α-hetero) is 1. The molecule has 0 radical (unpaired) electrons. The average molecular weight is 295 g/mol. The number of benzene rings is 2. The van der Waals surface area contributed by atoms with Gasteiger partial charge in [-0.05, 0) is 23.8 Å². The highest BCUT2D eigenvalue weighted by Gasteiger charge is 2.38. The molecule has 1 heterocycles. The lowest BCUT2D eigenvalue weighted by Gasteiger charge is -2.16. The molecule has 1 N–H and O–H groups in total. The lowest BCUT2D eigenvalue weighted by atomic mass is 9.93. The van der Waals surface area contributed by atoms with E-state index in [9.17, 15) is 19.2 Å². The maximum absolute atomic E-state index is 12.5. The summed E-state index contributed by atoms with van der Waals surface area (Å²) in [5, 5.41) is 3.58. The van der Waals surface area contributed by atoms with Gasteiger partial charge in [0.05, 0.1) is 11.1 Å². The number of amides is 1. The van der Waals surface area contributed by atoms with Crippen LogP contribution >= 0.6 is 0 Å². The fraction of sp³-hybridized carbons (Fsp3) is 0.125. The Morgan fingerprint density at radius 2 is 1.55 bits per heavy atom. The first-order valence-corrected chi connectivity index (χ1v) is 6.66. The summed E-state index contributed by atoms with van der Waals surface area (Å²) in [5.74, 6) is -2.03. The minimum absolute atomic E-state index is 0.250. The van der Waals surface area contributed by atoms with Crippen LogP contribution in [0.1, 0.15) is 49.6 Å². The molecule has 2 aromatic carbocycles. The van der Waals surface area contributed by atoms with E-state index >= 15 is 0 Å². The largest absolute Gasteiger partial charge is 0.386 e. The van der Waals surface area contributed by atoms with Gasteiger partial charge in [-0.1, -0.05) is 6.07 Å². The van der Waals surface area contributed by atoms with Crippen molar-refractivity contribution in [2.45, 2.75) is 13.0 Å². The van der Waals surface area contributed by atoms with Crippen LogP contribution < -0.4 is 5.32 Å². The zero-order valence-corrected chi connectivity index (χ0v) is 11.4. The fourth-order valence-electron chi connectivity index (χ4n) is 3.15. The van der Waals surface area contributed by atoms with Crippen molar-refractivity contribution < 1.29 is 23.9 Å². The van der Waals surface area contributed by atoms with Crippen molar-refractivity contribution in [1.29, 1.82) is 0 Å². The fourth-order valence-corrected chi connectivity index (χ4v) is 3.15. The van der Waals surface area contributed by atoms with Gasteiger partial charge in [0.1, 0.15) is 6.04 Å². The van der Waals surface area contributed by atoms with Gasteiger partial charge < -0.3 is 10.1 Å². The average Bonchev–Trinajstić information content (AvgIpc) is 2.73. The van der Waals surface area contributed by atoms with Crippen molar-refractivity contribution in [3.05, 3.63) is 46.5 Å². The van der Waals surface area contributed by atoms with Gasteiger partial charge in [0, 0.05) is 23.3 Å². The third-order valence-corrected chi connectivity index (χ3v) is 4.00. The van der Waals surface area contributed by atoms with E-state index in [0.29, 0.717) is 21.9 Å². The highest BCUT2D eigenvalue weighted by atomic mass is 16.6. The van der Waals surface area contributed by atoms with Crippen LogP contribution in [-0.2, 0) is 9.53 Å². The van der Waals surface area contributed by atoms with Gasteiger partial charge in [0.2, 0.25) is 5.91 Å². The van der Waals surface area contributed by atoms with Crippen molar-refractivity contribution in [1.82, 2.24) is 5.32 Å². The molecule has 1 aliphatic heterocycles. The Morgan fingerprint density at radius 1 is 0.955 bits per heavy atom. The molecule has 0 saturated heterocycles. The molecule has 0 bridgehead atoms. The molecular formula is C16H9NO5. The Labute approximate surface area is 124 Å². The summed E-state index contributed by atoms with van der Waals surface area (Å²) in [4.78, 5) is 47.6. The van der Waals surface area contributed by atoms with Gasteiger partial charge in [-0.2, -0.15) is 0 Å². The quantitative estimate of drug-likeness (QED) is 0.636. The molecule has 6 heteroatoms. The van der Waals surface area contributed by atoms with Gasteiger partial charge >= 0.3 is 11.9 Å². The summed E-state index contributed by atoms with van der Waals surface area (Å²) in [6, 6.07) is 5.37. The summed E-state index contributed by atoms with van der Waals surface area (Å²) >= 11 is 0. The van der Waals surface area contributed by atoms with Crippen molar-refractivity contribution in [2.24, 2.45) is 0 Å². The van der Waals surface area contributed by atoms with E-state index in [-0.39, 0.29) is 22.8 Å². The van der Waals surface area contributed by atoms with E-state index < -0.39 is 18.0 Å². The molecule has 6 nitrogen and oxygen atoms in total. The normalized spacial score (nSPS) is 18.6. The van der Waals surface area contributed by atoms with Gasteiger partial charge in [-0.25, -0.2) is 9.59 Å². The van der Waals surface area contributed by atoms with E-state index in [4.69, 9.17) is 0 Å². The highest BCUT2D eigenvalue weighted by Crippen LogP contribution is 2.41. The molecule has 1 unspecified atom stereocenters. The van der Waals surface area contributed by atoms with Crippen LogP contribution in [0.5, 0.6) is 0 Å². The van der Waals surface area contributed by atoms with Crippen LogP contribution in [0.2, 0.25) is 0 Å². The van der Waals surface area contributed by atoms with Gasteiger partial charge in [0.25, 0.3) is 0 Å². The van der Waals surface area contributed by atoms with Crippen LogP contribution in [0.4, 0.5) is 0 Å².